The molecule has 0 aliphatic heterocycles. The normalized spacial score (nSPS) is 14.8. The van der Waals surface area contributed by atoms with Crippen LogP contribution in [0.15, 0.2) is 86.8 Å². The summed E-state index contributed by atoms with van der Waals surface area (Å²) in [5, 5.41) is 21.8. The second-order valence-electron chi connectivity index (χ2n) is 9.31. The fourth-order valence-corrected chi connectivity index (χ4v) is 5.85. The van der Waals surface area contributed by atoms with Crippen LogP contribution in [-0.4, -0.2) is 54.3 Å². The van der Waals surface area contributed by atoms with Gasteiger partial charge >= 0.3 is 6.09 Å². The fraction of sp³-hybridized carbons (Fsp3) is 0.296. The van der Waals surface area contributed by atoms with E-state index in [0.717, 1.165) is 4.31 Å². The van der Waals surface area contributed by atoms with Gasteiger partial charge in [-0.3, -0.25) is 4.90 Å². The zero-order chi connectivity index (χ0) is 30.1. The number of sulfonamides is 1. The Bertz CT molecular complexity index is 1620. The van der Waals surface area contributed by atoms with Crippen LogP contribution >= 0.6 is 0 Å². The molecule has 4 aromatic rings. The lowest BCUT2D eigenvalue weighted by Crippen LogP contribution is -2.53. The Labute approximate surface area is 225 Å². The van der Waals surface area contributed by atoms with E-state index in [4.69, 9.17) is 18.7 Å². The van der Waals surface area contributed by atoms with Crippen molar-refractivity contribution >= 4 is 38.7 Å². The summed E-state index contributed by atoms with van der Waals surface area (Å²) < 4.78 is 63.0. The molecular weight excluding hydrogens is 510 g/mol. The summed E-state index contributed by atoms with van der Waals surface area (Å²) in [5.74, 6) is -0.513. The number of carbonyl (C=O) groups is 1. The van der Waals surface area contributed by atoms with Crippen molar-refractivity contribution in [1.82, 2.24) is 4.31 Å². The monoisotopic (exact) mass is 544 g/mol. The van der Waals surface area contributed by atoms with Crippen molar-refractivity contribution in [3.05, 3.63) is 78.7 Å². The van der Waals surface area contributed by atoms with E-state index in [1.165, 1.54) is 24.3 Å². The first-order valence-corrected chi connectivity index (χ1v) is 13.3. The van der Waals surface area contributed by atoms with Crippen molar-refractivity contribution < 1.29 is 36.4 Å². The number of nitrogens with zero attached hydrogens (tertiary/aromatic N) is 2. The Balaban J connectivity index is 1.81. The van der Waals surface area contributed by atoms with Gasteiger partial charge in [0.1, 0.15) is 8.98 Å². The van der Waals surface area contributed by atoms with Crippen molar-refractivity contribution in [3.8, 4) is 0 Å². The van der Waals surface area contributed by atoms with E-state index in [2.05, 4.69) is 0 Å². The lowest BCUT2D eigenvalue weighted by molar-refractivity contribution is 0.109. The van der Waals surface area contributed by atoms with Gasteiger partial charge in [0.05, 0.1) is 35.7 Å². The molecule has 4 rings (SSSR count). The molecule has 202 valence electrons. The Morgan fingerprint density at radius 1 is 1.08 bits per heavy atom. The summed E-state index contributed by atoms with van der Waals surface area (Å²) in [6.45, 7) is 3.16. The third-order valence-electron chi connectivity index (χ3n) is 5.99. The number of carboxylic acid groups (broad SMARTS) is 1. The van der Waals surface area contributed by atoms with Crippen molar-refractivity contribution in [1.29, 1.82) is 0 Å². The average molecular weight is 545 g/mol. The van der Waals surface area contributed by atoms with Crippen LogP contribution in [0, 0.1) is 5.92 Å². The van der Waals surface area contributed by atoms with Crippen molar-refractivity contribution in [2.45, 2.75) is 37.3 Å². The van der Waals surface area contributed by atoms with Crippen LogP contribution < -0.4 is 10.6 Å². The molecule has 0 saturated carbocycles. The topological polar surface area (TPSA) is 150 Å². The van der Waals surface area contributed by atoms with Crippen LogP contribution in [0.1, 0.15) is 23.5 Å². The molecule has 10 nitrogen and oxygen atoms in total. The minimum Gasteiger partial charge on any atom is -0.465 e. The molecule has 2 atom stereocenters. The number of aliphatic hydroxyl groups excluding tert-OH is 1. The van der Waals surface area contributed by atoms with Crippen LogP contribution in [0.25, 0.3) is 11.2 Å². The highest BCUT2D eigenvalue weighted by molar-refractivity contribution is 7.89. The van der Waals surface area contributed by atoms with Crippen LogP contribution in [0.5, 0.6) is 0 Å². The number of benzene rings is 2. The van der Waals surface area contributed by atoms with Gasteiger partial charge in [0.25, 0.3) is 5.78 Å². The number of nitrogens with two attached hydrogens (primary N) is 1. The minimum absolute atomic E-state index is 0.0232. The summed E-state index contributed by atoms with van der Waals surface area (Å²) in [6, 6.07) is 12.5. The van der Waals surface area contributed by atoms with Crippen LogP contribution in [-0.2, 0) is 16.4 Å². The number of hydrogen-bond acceptors (Lipinski definition) is 7. The fourth-order valence-electron chi connectivity index (χ4n) is 4.22. The predicted molar refractivity (Wildman–Crippen MR) is 143 cm³/mol. The first kappa shape index (κ1) is 23.3. The smallest absolute Gasteiger partial charge is 0.412 e. The summed E-state index contributed by atoms with van der Waals surface area (Å²) >= 11 is 0. The molecule has 0 spiro atoms. The number of anilines is 2. The molecule has 0 fully saturated rings. The highest BCUT2D eigenvalue weighted by Gasteiger charge is 2.37. The molecule has 38 heavy (non-hydrogen) atoms. The molecule has 1 amide bonds. The van der Waals surface area contributed by atoms with Gasteiger partial charge in [-0.05, 0) is 48.2 Å². The Morgan fingerprint density at radius 2 is 1.76 bits per heavy atom. The second-order valence-corrected chi connectivity index (χ2v) is 11.2. The van der Waals surface area contributed by atoms with Crippen molar-refractivity contribution in [3.63, 3.8) is 0 Å². The third-order valence-corrected chi connectivity index (χ3v) is 7.83. The Kier molecular flexibility index (Phi) is 6.93. The van der Waals surface area contributed by atoms with E-state index in [1.54, 1.807) is 30.3 Å². The average Bonchev–Trinajstić information content (AvgIpc) is 3.36. The summed E-state index contributed by atoms with van der Waals surface area (Å²) in [5.41, 5.74) is 6.36. The maximum absolute atomic E-state index is 13.6. The van der Waals surface area contributed by atoms with Gasteiger partial charge in [-0.25, -0.2) is 13.2 Å². The van der Waals surface area contributed by atoms with E-state index < -0.39 is 53.3 Å². The Morgan fingerprint density at radius 3 is 2.39 bits per heavy atom. The minimum atomic E-state index is -4.13. The van der Waals surface area contributed by atoms with Gasteiger partial charge in [0.15, 0.2) is 0 Å². The van der Waals surface area contributed by atoms with E-state index in [0.29, 0.717) is 16.2 Å². The molecule has 11 heteroatoms. The Hall–Kier alpha value is -3.80. The van der Waals surface area contributed by atoms with Crippen LogP contribution in [0.4, 0.5) is 16.2 Å². The SMILES string of the molecule is [2H]c1oc2oc([2H])c(N(C(=O)O)[C@@H](Cc3ccccc3)[C@H](O)CN(CC(C)C)S(=O)(=O)c3ccc(N)cc3)c2c1[2H]. The molecule has 4 N–H and O–H groups in total. The first-order chi connectivity index (χ1) is 19.3. The number of rotatable bonds is 11. The largest absolute Gasteiger partial charge is 0.465 e. The van der Waals surface area contributed by atoms with Crippen molar-refractivity contribution in [2.75, 3.05) is 23.7 Å². The van der Waals surface area contributed by atoms with E-state index in [9.17, 15) is 23.4 Å². The first-order valence-electron chi connectivity index (χ1n) is 13.4. The summed E-state index contributed by atoms with van der Waals surface area (Å²) in [4.78, 5) is 13.4. The molecule has 0 saturated heterocycles. The van der Waals surface area contributed by atoms with E-state index >= 15 is 0 Å². The van der Waals surface area contributed by atoms with E-state index in [-0.39, 0.29) is 40.6 Å². The predicted octanol–water partition coefficient (Wildman–Crippen LogP) is 4.41. The van der Waals surface area contributed by atoms with Gasteiger partial charge in [-0.1, -0.05) is 44.2 Å². The van der Waals surface area contributed by atoms with Crippen LogP contribution in [0.2, 0.25) is 0 Å². The van der Waals surface area contributed by atoms with Gasteiger partial charge < -0.3 is 24.8 Å². The number of nitrogen functional groups attached to an aromatic ring is 1. The summed E-state index contributed by atoms with van der Waals surface area (Å²) in [7, 11) is -4.13. The lowest BCUT2D eigenvalue weighted by atomic mass is 9.99. The molecular formula is C27H31N3O7S. The highest BCUT2D eigenvalue weighted by atomic mass is 32.2. The molecule has 0 bridgehead atoms. The molecule has 2 aromatic carbocycles. The van der Waals surface area contributed by atoms with Gasteiger partial charge in [0, 0.05) is 18.8 Å². The quantitative estimate of drug-likeness (QED) is 0.235. The molecule has 0 aliphatic rings. The summed E-state index contributed by atoms with van der Waals surface area (Å²) in [6.07, 6.45) is -4.48. The lowest BCUT2D eigenvalue weighted by Gasteiger charge is -2.35. The molecule has 0 radical (unpaired) electrons. The van der Waals surface area contributed by atoms with Gasteiger partial charge in [-0.2, -0.15) is 4.31 Å². The van der Waals surface area contributed by atoms with Gasteiger partial charge in [-0.15, -0.1) is 0 Å². The standard InChI is InChI=1S/C27H31N3O7S/c1-18(2)15-29(38(34,35)21-10-8-20(28)9-11-21)16-25(31)23(14-19-6-4-3-5-7-19)30(27(32)33)24-17-37-26-22(24)12-13-36-26/h3-13,17-18,23,25,31H,14-16,28H2,1-2H3,(H,32,33)/t23-,25+/m0/s1/i12D,13D,17D. The molecule has 0 aliphatic carbocycles. The zero-order valence-electron chi connectivity index (χ0n) is 23.9. The molecule has 2 heterocycles. The number of furan rings is 2. The maximum atomic E-state index is 13.6. The number of fused-ring (bicyclic) bond motifs is 1. The zero-order valence-corrected chi connectivity index (χ0v) is 21.7. The number of aliphatic hydroxyl groups is 1. The van der Waals surface area contributed by atoms with Crippen LogP contribution in [0.3, 0.4) is 0 Å². The number of hydrogen-bond donors (Lipinski definition) is 3. The molecule has 0 unspecified atom stereocenters. The second kappa shape index (κ2) is 11.3. The van der Waals surface area contributed by atoms with Crippen molar-refractivity contribution in [2.24, 2.45) is 5.92 Å². The number of amides is 1. The molecule has 2 aromatic heterocycles. The van der Waals surface area contributed by atoms with E-state index in [1.807, 2.05) is 13.8 Å². The van der Waals surface area contributed by atoms with Gasteiger partial charge in [0.2, 0.25) is 10.0 Å². The highest BCUT2D eigenvalue weighted by Crippen LogP contribution is 2.33. The maximum Gasteiger partial charge on any atom is 0.412 e. The third kappa shape index (κ3) is 5.85.